The predicted molar refractivity (Wildman–Crippen MR) is 142 cm³/mol. The van der Waals surface area contributed by atoms with Crippen LogP contribution in [0.5, 0.6) is 17.2 Å². The van der Waals surface area contributed by atoms with Crippen LogP contribution in [-0.2, 0) is 21.4 Å². The van der Waals surface area contributed by atoms with E-state index < -0.39 is 69.6 Å². The van der Waals surface area contributed by atoms with Gasteiger partial charge in [-0.15, -0.1) is 0 Å². The summed E-state index contributed by atoms with van der Waals surface area (Å²) >= 11 is 0. The standard InChI is InChI=1S/C30H31NO9/c1-11-6-5-7-28(2,3)29(11)10-12-17-19(15(33)9-16(40-4)22(17)29)24(35)21-18(12)23(34)13-8-14(32)20(27(31)38)25(36)30(13,39)26(21)37/h6,9,13,23,32-35,39H,5,7-8,10H2,1-4H3,(H2,31,38)/t13-,23+,29-,30-/m0/s1. The van der Waals surface area contributed by atoms with Crippen LogP contribution < -0.4 is 10.5 Å². The Kier molecular flexibility index (Phi) is 5.17. The lowest BCUT2D eigenvalue weighted by Gasteiger charge is -2.49. The first kappa shape index (κ1) is 26.3. The summed E-state index contributed by atoms with van der Waals surface area (Å²) in [5, 5.41) is 56.9. The van der Waals surface area contributed by atoms with Crippen LogP contribution in [0.15, 0.2) is 29.0 Å². The molecule has 210 valence electrons. The number of hydrogen-bond acceptors (Lipinski definition) is 9. The molecule has 0 radical (unpaired) electrons. The number of ether oxygens (including phenoxy) is 1. The largest absolute Gasteiger partial charge is 0.511 e. The van der Waals surface area contributed by atoms with Crippen molar-refractivity contribution in [3.8, 4) is 17.2 Å². The number of primary amides is 1. The Morgan fingerprint density at radius 3 is 2.40 bits per heavy atom. The fourth-order valence-corrected chi connectivity index (χ4v) is 8.09. The fourth-order valence-electron chi connectivity index (χ4n) is 8.09. The minimum atomic E-state index is -2.97. The van der Waals surface area contributed by atoms with Crippen molar-refractivity contribution in [1.29, 1.82) is 0 Å². The molecular formula is C30H31NO9. The number of amides is 1. The van der Waals surface area contributed by atoms with Crippen molar-refractivity contribution < 1.29 is 44.7 Å². The van der Waals surface area contributed by atoms with Gasteiger partial charge in [-0.25, -0.2) is 0 Å². The van der Waals surface area contributed by atoms with Crippen LogP contribution in [0.2, 0.25) is 0 Å². The Bertz CT molecular complexity index is 1670. The summed E-state index contributed by atoms with van der Waals surface area (Å²) < 4.78 is 5.76. The van der Waals surface area contributed by atoms with E-state index in [0.717, 1.165) is 18.4 Å². The van der Waals surface area contributed by atoms with Crippen LogP contribution >= 0.6 is 0 Å². The third-order valence-corrected chi connectivity index (χ3v) is 10.1. The second-order valence-electron chi connectivity index (χ2n) is 12.1. The van der Waals surface area contributed by atoms with Gasteiger partial charge in [-0.2, -0.15) is 0 Å². The van der Waals surface area contributed by atoms with Gasteiger partial charge in [0.15, 0.2) is 5.60 Å². The van der Waals surface area contributed by atoms with Crippen molar-refractivity contribution >= 4 is 28.2 Å². The number of carbonyl (C=O) groups excluding carboxylic acids is 3. The Hall–Kier alpha value is -3.89. The first-order valence-electron chi connectivity index (χ1n) is 13.2. The van der Waals surface area contributed by atoms with Gasteiger partial charge in [0.1, 0.15) is 28.6 Å². The highest BCUT2D eigenvalue weighted by Gasteiger charge is 2.64. The monoisotopic (exact) mass is 549 g/mol. The average molecular weight is 550 g/mol. The van der Waals surface area contributed by atoms with Crippen LogP contribution in [0.3, 0.4) is 0 Å². The minimum absolute atomic E-state index is 0.0211. The van der Waals surface area contributed by atoms with E-state index in [4.69, 9.17) is 10.5 Å². The average Bonchev–Trinajstić information content (AvgIpc) is 3.23. The quantitative estimate of drug-likeness (QED) is 0.186. The van der Waals surface area contributed by atoms with Crippen molar-refractivity contribution in [2.24, 2.45) is 17.1 Å². The third-order valence-electron chi connectivity index (χ3n) is 10.1. The van der Waals surface area contributed by atoms with E-state index in [9.17, 15) is 39.9 Å². The van der Waals surface area contributed by atoms with Gasteiger partial charge >= 0.3 is 0 Å². The molecule has 0 aliphatic heterocycles. The molecule has 1 amide bonds. The summed E-state index contributed by atoms with van der Waals surface area (Å²) in [4.78, 5) is 39.3. The van der Waals surface area contributed by atoms with E-state index in [-0.39, 0.29) is 28.5 Å². The normalized spacial score (nSPS) is 30.4. The number of benzene rings is 2. The smallest absolute Gasteiger partial charge is 0.255 e. The highest BCUT2D eigenvalue weighted by atomic mass is 16.5. The van der Waals surface area contributed by atoms with E-state index in [1.807, 2.05) is 6.92 Å². The highest BCUT2D eigenvalue weighted by molar-refractivity contribution is 6.33. The molecule has 10 heteroatoms. The number of hydrogen-bond donors (Lipinski definition) is 6. The van der Waals surface area contributed by atoms with Crippen LogP contribution in [0, 0.1) is 11.3 Å². The molecule has 0 saturated heterocycles. The number of phenolic OH excluding ortho intramolecular Hbond substituents is 2. The number of rotatable bonds is 2. The summed E-state index contributed by atoms with van der Waals surface area (Å²) in [6.07, 6.45) is 1.80. The third kappa shape index (κ3) is 2.73. The maximum atomic E-state index is 14.0. The predicted octanol–water partition coefficient (Wildman–Crippen LogP) is 2.67. The molecule has 0 bridgehead atoms. The van der Waals surface area contributed by atoms with Gasteiger partial charge in [0.05, 0.1) is 24.2 Å². The number of methoxy groups -OCH3 is 1. The number of aromatic hydroxyl groups is 2. The number of phenols is 2. The molecule has 7 N–H and O–H groups in total. The number of carbonyl (C=O) groups is 3. The lowest BCUT2D eigenvalue weighted by Crippen LogP contribution is -2.61. The maximum Gasteiger partial charge on any atom is 0.255 e. The number of ketones is 2. The summed E-state index contributed by atoms with van der Waals surface area (Å²) in [7, 11) is 1.48. The summed E-state index contributed by atoms with van der Waals surface area (Å²) in [5.41, 5.74) is 2.07. The number of Topliss-reactive ketones (excluding diaryl/α,β-unsaturated/α-hetero) is 2. The zero-order valence-electron chi connectivity index (χ0n) is 22.6. The van der Waals surface area contributed by atoms with Crippen LogP contribution in [0.25, 0.3) is 10.8 Å². The molecule has 0 aromatic heterocycles. The van der Waals surface area contributed by atoms with Crippen LogP contribution in [-0.4, -0.2) is 55.7 Å². The molecule has 0 heterocycles. The molecular weight excluding hydrogens is 518 g/mol. The van der Waals surface area contributed by atoms with Crippen molar-refractivity contribution in [1.82, 2.24) is 0 Å². The first-order chi connectivity index (χ1) is 18.7. The lowest BCUT2D eigenvalue weighted by atomic mass is 9.54. The number of allylic oxidation sites excluding steroid dienone is 3. The minimum Gasteiger partial charge on any atom is -0.511 e. The number of aliphatic hydroxyl groups is 3. The number of nitrogens with two attached hydrogens (primary N) is 1. The van der Waals surface area contributed by atoms with E-state index in [1.54, 1.807) is 0 Å². The second kappa shape index (κ2) is 7.86. The molecule has 4 atom stereocenters. The van der Waals surface area contributed by atoms with E-state index >= 15 is 0 Å². The van der Waals surface area contributed by atoms with E-state index in [2.05, 4.69) is 19.9 Å². The van der Waals surface area contributed by atoms with Crippen LogP contribution in [0.1, 0.15) is 73.2 Å². The SMILES string of the molecule is COc1cc(O)c2c(O)c3c(c4c2c1[C@]1(C4)C(C)=CCCC1(C)C)[C@H](O)[C@@H]1CC(O)=C(C(N)=O)C(=O)[C@]1(O)C3=O. The molecule has 10 nitrogen and oxygen atoms in total. The lowest BCUT2D eigenvalue weighted by molar-refractivity contribution is -0.143. The molecule has 40 heavy (non-hydrogen) atoms. The summed E-state index contributed by atoms with van der Waals surface area (Å²) in [6.45, 7) is 6.24. The van der Waals surface area contributed by atoms with Crippen molar-refractivity contribution in [3.63, 3.8) is 0 Å². The molecule has 4 aliphatic carbocycles. The van der Waals surface area contributed by atoms with Gasteiger partial charge in [-0.05, 0) is 42.7 Å². The van der Waals surface area contributed by atoms with E-state index in [0.29, 0.717) is 22.3 Å². The van der Waals surface area contributed by atoms with Gasteiger partial charge in [-0.3, -0.25) is 14.4 Å². The topological polar surface area (TPSA) is 188 Å². The molecule has 4 aliphatic rings. The van der Waals surface area contributed by atoms with Crippen molar-refractivity contribution in [2.45, 2.75) is 63.6 Å². The van der Waals surface area contributed by atoms with Crippen molar-refractivity contribution in [2.75, 3.05) is 7.11 Å². The van der Waals surface area contributed by atoms with Crippen LogP contribution in [0.4, 0.5) is 0 Å². The molecule has 1 spiro atoms. The zero-order chi connectivity index (χ0) is 29.3. The number of aliphatic hydroxyl groups excluding tert-OH is 2. The molecule has 2 aromatic carbocycles. The molecule has 6 rings (SSSR count). The summed E-state index contributed by atoms with van der Waals surface area (Å²) in [5.74, 6) is -6.99. The Morgan fingerprint density at radius 1 is 1.12 bits per heavy atom. The second-order valence-corrected chi connectivity index (χ2v) is 12.1. The maximum absolute atomic E-state index is 14.0. The molecule has 0 unspecified atom stereocenters. The molecule has 0 saturated carbocycles. The van der Waals surface area contributed by atoms with Gasteiger partial charge < -0.3 is 36.0 Å². The molecule has 2 aromatic rings. The first-order valence-corrected chi connectivity index (χ1v) is 13.2. The van der Waals surface area contributed by atoms with Gasteiger partial charge in [0.2, 0.25) is 11.6 Å². The van der Waals surface area contributed by atoms with Gasteiger partial charge in [0.25, 0.3) is 5.91 Å². The van der Waals surface area contributed by atoms with E-state index in [1.165, 1.54) is 13.2 Å². The fraction of sp³-hybridized carbons (Fsp3) is 0.433. The number of fused-ring (bicyclic) bond motifs is 4. The zero-order valence-corrected chi connectivity index (χ0v) is 22.6. The highest BCUT2D eigenvalue weighted by Crippen LogP contribution is 2.66. The Labute approximate surface area is 229 Å². The molecule has 0 fully saturated rings. The Balaban J connectivity index is 1.75. The van der Waals surface area contributed by atoms with Gasteiger partial charge in [0, 0.05) is 34.8 Å². The summed E-state index contributed by atoms with van der Waals surface area (Å²) in [6, 6.07) is 1.37. The Morgan fingerprint density at radius 2 is 1.80 bits per heavy atom. The van der Waals surface area contributed by atoms with Crippen molar-refractivity contribution in [3.05, 3.63) is 51.3 Å². The van der Waals surface area contributed by atoms with Gasteiger partial charge in [-0.1, -0.05) is 25.5 Å².